The molecule has 0 spiro atoms. The van der Waals surface area contributed by atoms with Crippen molar-refractivity contribution in [3.8, 4) is 0 Å². The number of nitrogens with one attached hydrogen (secondary N) is 1. The number of nitrogens with zero attached hydrogens (tertiary/aromatic N) is 1. The molecule has 1 aliphatic heterocycles. The van der Waals surface area contributed by atoms with Crippen molar-refractivity contribution in [3.63, 3.8) is 0 Å². The van der Waals surface area contributed by atoms with Gasteiger partial charge in [0.05, 0.1) is 12.6 Å². The van der Waals surface area contributed by atoms with Gasteiger partial charge >= 0.3 is 6.03 Å². The number of carbonyl (C=O) groups excluding carboxylic acids is 1. The number of hydrogen-bond acceptors (Lipinski definition) is 2. The maximum Gasteiger partial charge on any atom is 0.317 e. The first kappa shape index (κ1) is 12.9. The first-order valence-corrected chi connectivity index (χ1v) is 6.42. The molecule has 0 aliphatic carbocycles. The molecule has 18 heavy (non-hydrogen) atoms. The lowest BCUT2D eigenvalue weighted by molar-refractivity contribution is 0.157. The average Bonchev–Trinajstić information content (AvgIpc) is 2.86. The zero-order chi connectivity index (χ0) is 13.0. The molecule has 1 saturated heterocycles. The number of hydrogen-bond donors (Lipinski definition) is 2. The van der Waals surface area contributed by atoms with Crippen LogP contribution in [0.2, 0.25) is 0 Å². The van der Waals surface area contributed by atoms with Gasteiger partial charge in [0.2, 0.25) is 0 Å². The fraction of sp³-hybridized carbons (Fsp3) is 0.500. The van der Waals surface area contributed by atoms with E-state index in [0.717, 1.165) is 24.9 Å². The Balaban J connectivity index is 1.90. The topological polar surface area (TPSA) is 52.6 Å². The second-order valence-corrected chi connectivity index (χ2v) is 4.76. The summed E-state index contributed by atoms with van der Waals surface area (Å²) in [6, 6.07) is 7.93. The summed E-state index contributed by atoms with van der Waals surface area (Å²) in [7, 11) is 0. The Hall–Kier alpha value is -1.55. The van der Waals surface area contributed by atoms with E-state index in [1.54, 1.807) is 4.90 Å². The Morgan fingerprint density at radius 1 is 1.50 bits per heavy atom. The maximum atomic E-state index is 12.0. The summed E-state index contributed by atoms with van der Waals surface area (Å²) in [4.78, 5) is 13.7. The molecule has 98 valence electrons. The molecule has 1 unspecified atom stereocenters. The molecule has 2 rings (SSSR count). The normalized spacial score (nSPS) is 19.0. The minimum Gasteiger partial charge on any atom is -0.394 e. The van der Waals surface area contributed by atoms with Crippen LogP contribution in [-0.4, -0.2) is 35.2 Å². The van der Waals surface area contributed by atoms with E-state index in [-0.39, 0.29) is 18.7 Å². The number of aliphatic hydroxyl groups is 1. The van der Waals surface area contributed by atoms with Gasteiger partial charge in [0.15, 0.2) is 0 Å². The van der Waals surface area contributed by atoms with Gasteiger partial charge in [0, 0.05) is 13.1 Å². The van der Waals surface area contributed by atoms with E-state index in [2.05, 4.69) is 5.32 Å². The highest BCUT2D eigenvalue weighted by molar-refractivity contribution is 5.74. The fourth-order valence-electron chi connectivity index (χ4n) is 2.37. The first-order chi connectivity index (χ1) is 8.72. The Bertz CT molecular complexity index is 420. The molecular formula is C14H20N2O2. The number of aryl methyl sites for hydroxylation is 1. The minimum atomic E-state index is -0.0743. The second-order valence-electron chi connectivity index (χ2n) is 4.76. The van der Waals surface area contributed by atoms with E-state index in [1.165, 1.54) is 5.56 Å². The molecule has 4 heteroatoms. The number of benzene rings is 1. The summed E-state index contributed by atoms with van der Waals surface area (Å²) in [5.41, 5.74) is 2.31. The van der Waals surface area contributed by atoms with Crippen molar-refractivity contribution in [1.82, 2.24) is 10.2 Å². The number of urea groups is 1. The Morgan fingerprint density at radius 3 is 3.00 bits per heavy atom. The van der Waals surface area contributed by atoms with Gasteiger partial charge in [-0.15, -0.1) is 0 Å². The van der Waals surface area contributed by atoms with E-state index in [0.29, 0.717) is 6.54 Å². The maximum absolute atomic E-state index is 12.0. The predicted octanol–water partition coefficient (Wildman–Crippen LogP) is 1.66. The first-order valence-electron chi connectivity index (χ1n) is 6.42. The van der Waals surface area contributed by atoms with Crippen molar-refractivity contribution in [2.45, 2.75) is 32.4 Å². The molecule has 4 nitrogen and oxygen atoms in total. The Labute approximate surface area is 108 Å². The molecule has 1 fully saturated rings. The van der Waals surface area contributed by atoms with Crippen LogP contribution in [0, 0.1) is 6.92 Å². The van der Waals surface area contributed by atoms with E-state index in [4.69, 9.17) is 0 Å². The quantitative estimate of drug-likeness (QED) is 0.854. The average molecular weight is 248 g/mol. The van der Waals surface area contributed by atoms with Crippen LogP contribution < -0.4 is 5.32 Å². The van der Waals surface area contributed by atoms with Crippen molar-refractivity contribution < 1.29 is 9.90 Å². The van der Waals surface area contributed by atoms with Crippen LogP contribution in [0.5, 0.6) is 0 Å². The lowest BCUT2D eigenvalue weighted by atomic mass is 10.1. The molecule has 1 heterocycles. The fourth-order valence-corrected chi connectivity index (χ4v) is 2.37. The number of likely N-dealkylation sites (tertiary alicyclic amines) is 1. The number of amides is 2. The molecule has 0 bridgehead atoms. The van der Waals surface area contributed by atoms with Crippen LogP contribution in [0.25, 0.3) is 0 Å². The van der Waals surface area contributed by atoms with Crippen molar-refractivity contribution in [3.05, 3.63) is 35.4 Å². The summed E-state index contributed by atoms with van der Waals surface area (Å²) in [5.74, 6) is 0. The van der Waals surface area contributed by atoms with E-state index in [1.807, 2.05) is 31.2 Å². The largest absolute Gasteiger partial charge is 0.394 e. The molecule has 0 radical (unpaired) electrons. The molecule has 2 amide bonds. The van der Waals surface area contributed by atoms with E-state index in [9.17, 15) is 9.90 Å². The third-order valence-electron chi connectivity index (χ3n) is 3.54. The van der Waals surface area contributed by atoms with Crippen LogP contribution in [-0.2, 0) is 6.54 Å². The summed E-state index contributed by atoms with van der Waals surface area (Å²) in [6.45, 7) is 3.37. The van der Waals surface area contributed by atoms with Crippen LogP contribution in [0.4, 0.5) is 4.79 Å². The number of carbonyl (C=O) groups is 1. The molecule has 0 aromatic heterocycles. The van der Waals surface area contributed by atoms with Gasteiger partial charge in [-0.2, -0.15) is 0 Å². The summed E-state index contributed by atoms with van der Waals surface area (Å²) in [6.07, 6.45) is 1.87. The molecular weight excluding hydrogens is 228 g/mol. The van der Waals surface area contributed by atoms with Crippen molar-refractivity contribution in [2.24, 2.45) is 0 Å². The zero-order valence-electron chi connectivity index (χ0n) is 10.7. The molecule has 1 atom stereocenters. The standard InChI is InChI=1S/C14H20N2O2/c1-11-5-2-3-6-12(11)9-15-14(18)16-8-4-7-13(16)10-17/h2-3,5-6,13,17H,4,7-10H2,1H3,(H,15,18). The minimum absolute atomic E-state index is 0.0122. The summed E-state index contributed by atoms with van der Waals surface area (Å²) >= 11 is 0. The van der Waals surface area contributed by atoms with Gasteiger partial charge in [-0.1, -0.05) is 24.3 Å². The third kappa shape index (κ3) is 2.82. The summed E-state index contributed by atoms with van der Waals surface area (Å²) in [5, 5.41) is 12.1. The molecule has 1 aliphatic rings. The van der Waals surface area contributed by atoms with Gasteiger partial charge in [-0.3, -0.25) is 0 Å². The highest BCUT2D eigenvalue weighted by atomic mass is 16.3. The van der Waals surface area contributed by atoms with Gasteiger partial charge in [-0.05, 0) is 30.9 Å². The Morgan fingerprint density at radius 2 is 2.28 bits per heavy atom. The van der Waals surface area contributed by atoms with Crippen LogP contribution >= 0.6 is 0 Å². The Kier molecular flexibility index (Phi) is 4.20. The number of rotatable bonds is 3. The van der Waals surface area contributed by atoms with Gasteiger partial charge in [-0.25, -0.2) is 4.79 Å². The number of aliphatic hydroxyl groups excluding tert-OH is 1. The highest BCUT2D eigenvalue weighted by Crippen LogP contribution is 2.16. The van der Waals surface area contributed by atoms with Crippen molar-refractivity contribution in [2.75, 3.05) is 13.2 Å². The lowest BCUT2D eigenvalue weighted by Crippen LogP contribution is -2.43. The van der Waals surface area contributed by atoms with Crippen LogP contribution in [0.15, 0.2) is 24.3 Å². The monoisotopic (exact) mass is 248 g/mol. The van der Waals surface area contributed by atoms with Gasteiger partial charge < -0.3 is 15.3 Å². The molecule has 2 N–H and O–H groups in total. The van der Waals surface area contributed by atoms with E-state index < -0.39 is 0 Å². The third-order valence-corrected chi connectivity index (χ3v) is 3.54. The van der Waals surface area contributed by atoms with Crippen molar-refractivity contribution >= 4 is 6.03 Å². The molecule has 1 aromatic carbocycles. The van der Waals surface area contributed by atoms with E-state index >= 15 is 0 Å². The zero-order valence-corrected chi connectivity index (χ0v) is 10.7. The van der Waals surface area contributed by atoms with Crippen LogP contribution in [0.3, 0.4) is 0 Å². The van der Waals surface area contributed by atoms with Crippen LogP contribution in [0.1, 0.15) is 24.0 Å². The molecule has 1 aromatic rings. The van der Waals surface area contributed by atoms with Gasteiger partial charge in [0.25, 0.3) is 0 Å². The second kappa shape index (κ2) is 5.87. The smallest absolute Gasteiger partial charge is 0.317 e. The van der Waals surface area contributed by atoms with Gasteiger partial charge in [0.1, 0.15) is 0 Å². The summed E-state index contributed by atoms with van der Waals surface area (Å²) < 4.78 is 0. The lowest BCUT2D eigenvalue weighted by Gasteiger charge is -2.23. The predicted molar refractivity (Wildman–Crippen MR) is 70.2 cm³/mol. The molecule has 0 saturated carbocycles. The van der Waals surface area contributed by atoms with Crippen molar-refractivity contribution in [1.29, 1.82) is 0 Å². The highest BCUT2D eigenvalue weighted by Gasteiger charge is 2.27. The SMILES string of the molecule is Cc1ccccc1CNC(=O)N1CCCC1CO.